The molecule has 1 fully saturated rings. The van der Waals surface area contributed by atoms with Crippen molar-refractivity contribution in [3.63, 3.8) is 0 Å². The lowest BCUT2D eigenvalue weighted by Gasteiger charge is -2.34. The molecular weight excluding hydrogens is 232 g/mol. The zero-order chi connectivity index (χ0) is 12.2. The third-order valence-corrected chi connectivity index (χ3v) is 4.48. The van der Waals surface area contributed by atoms with E-state index in [1.807, 2.05) is 0 Å². The normalized spacial score (nSPS) is 23.2. The summed E-state index contributed by atoms with van der Waals surface area (Å²) in [6.07, 6.45) is 2.59. The molecule has 0 bridgehead atoms. The number of carbonyl (C=O) groups is 1. The van der Waals surface area contributed by atoms with Crippen molar-refractivity contribution in [2.45, 2.75) is 25.3 Å². The fourth-order valence-corrected chi connectivity index (χ4v) is 3.54. The third kappa shape index (κ3) is 3.43. The van der Waals surface area contributed by atoms with Crippen molar-refractivity contribution in [1.82, 2.24) is 9.62 Å². The van der Waals surface area contributed by atoms with E-state index < -0.39 is 21.7 Å². The topological polar surface area (TPSA) is 86.7 Å². The Morgan fingerprint density at radius 3 is 2.75 bits per heavy atom. The molecule has 1 rings (SSSR count). The molecule has 0 spiro atoms. The molecule has 1 unspecified atom stereocenters. The molecule has 0 radical (unpaired) electrons. The second kappa shape index (κ2) is 5.60. The van der Waals surface area contributed by atoms with Crippen molar-refractivity contribution < 1.29 is 18.3 Å². The van der Waals surface area contributed by atoms with Crippen LogP contribution in [0.25, 0.3) is 0 Å². The second-order valence-electron chi connectivity index (χ2n) is 3.97. The third-order valence-electron chi connectivity index (χ3n) is 2.68. The van der Waals surface area contributed by atoms with E-state index in [0.29, 0.717) is 13.1 Å². The molecule has 1 saturated heterocycles. The number of aliphatic carboxylic acids is 1. The maximum absolute atomic E-state index is 11.8. The van der Waals surface area contributed by atoms with E-state index in [-0.39, 0.29) is 6.04 Å². The number of sulfonamides is 1. The van der Waals surface area contributed by atoms with E-state index in [1.165, 1.54) is 4.31 Å². The molecule has 1 atom stereocenters. The quantitative estimate of drug-likeness (QED) is 0.685. The van der Waals surface area contributed by atoms with Crippen LogP contribution in [0.4, 0.5) is 0 Å². The van der Waals surface area contributed by atoms with Gasteiger partial charge in [-0.2, -0.15) is 4.31 Å². The molecule has 0 aromatic carbocycles. The molecule has 7 heteroatoms. The Labute approximate surface area is 95.7 Å². The van der Waals surface area contributed by atoms with Gasteiger partial charge in [0.25, 0.3) is 0 Å². The number of nitrogens with one attached hydrogen (secondary N) is 1. The number of piperidine rings is 1. The van der Waals surface area contributed by atoms with Crippen molar-refractivity contribution in [2.75, 3.05) is 25.9 Å². The highest BCUT2D eigenvalue weighted by Crippen LogP contribution is 2.20. The fraction of sp³-hybridized carbons (Fsp3) is 0.889. The van der Waals surface area contributed by atoms with Gasteiger partial charge in [-0.15, -0.1) is 0 Å². The zero-order valence-corrected chi connectivity index (χ0v) is 10.2. The lowest BCUT2D eigenvalue weighted by atomic mass is 10.1. The van der Waals surface area contributed by atoms with Crippen molar-refractivity contribution in [3.8, 4) is 0 Å². The minimum atomic E-state index is -3.66. The van der Waals surface area contributed by atoms with Crippen molar-refractivity contribution in [2.24, 2.45) is 0 Å². The standard InChI is InChI=1S/C9H18N2O4S/c1-10-6-8-4-2-3-5-11(8)16(14,15)7-9(12)13/h8,10H,2-7H2,1H3,(H,12,13). The first-order chi connectivity index (χ1) is 7.47. The van der Waals surface area contributed by atoms with Gasteiger partial charge in [0, 0.05) is 19.1 Å². The van der Waals surface area contributed by atoms with Crippen molar-refractivity contribution in [1.29, 1.82) is 0 Å². The highest BCUT2D eigenvalue weighted by Gasteiger charge is 2.33. The molecule has 1 heterocycles. The van der Waals surface area contributed by atoms with Gasteiger partial charge in [-0.05, 0) is 19.9 Å². The van der Waals surface area contributed by atoms with Crippen LogP contribution in [0.1, 0.15) is 19.3 Å². The summed E-state index contributed by atoms with van der Waals surface area (Å²) in [7, 11) is -1.90. The van der Waals surface area contributed by atoms with E-state index in [0.717, 1.165) is 19.3 Å². The summed E-state index contributed by atoms with van der Waals surface area (Å²) in [6, 6.07) is -0.108. The van der Waals surface area contributed by atoms with Crippen LogP contribution in [0.5, 0.6) is 0 Å². The Bertz CT molecular complexity index is 339. The summed E-state index contributed by atoms with van der Waals surface area (Å²) >= 11 is 0. The molecule has 1 aliphatic rings. The number of likely N-dealkylation sites (N-methyl/N-ethyl adjacent to an activating group) is 1. The average Bonchev–Trinajstić information content (AvgIpc) is 2.17. The van der Waals surface area contributed by atoms with E-state index in [2.05, 4.69) is 5.32 Å². The Morgan fingerprint density at radius 1 is 1.50 bits per heavy atom. The largest absolute Gasteiger partial charge is 0.480 e. The summed E-state index contributed by atoms with van der Waals surface area (Å²) in [6.45, 7) is 1.00. The van der Waals surface area contributed by atoms with Crippen LogP contribution in [0.15, 0.2) is 0 Å². The van der Waals surface area contributed by atoms with Gasteiger partial charge in [0.15, 0.2) is 5.75 Å². The number of hydrogen-bond acceptors (Lipinski definition) is 4. The number of rotatable bonds is 5. The summed E-state index contributed by atoms with van der Waals surface area (Å²) < 4.78 is 24.9. The molecule has 94 valence electrons. The minimum Gasteiger partial charge on any atom is -0.480 e. The maximum atomic E-state index is 11.8. The molecule has 1 aliphatic heterocycles. The SMILES string of the molecule is CNCC1CCCCN1S(=O)(=O)CC(=O)O. The molecule has 0 aromatic rings. The molecule has 0 aromatic heterocycles. The van der Waals surface area contributed by atoms with Gasteiger partial charge in [-0.25, -0.2) is 8.42 Å². The monoisotopic (exact) mass is 250 g/mol. The molecule has 16 heavy (non-hydrogen) atoms. The van der Waals surface area contributed by atoms with Gasteiger partial charge in [-0.1, -0.05) is 6.42 Å². The summed E-state index contributed by atoms with van der Waals surface area (Å²) in [4.78, 5) is 10.5. The van der Waals surface area contributed by atoms with Gasteiger partial charge in [0.2, 0.25) is 10.0 Å². The van der Waals surface area contributed by atoms with Crippen molar-refractivity contribution >= 4 is 16.0 Å². The number of hydrogen-bond donors (Lipinski definition) is 2. The van der Waals surface area contributed by atoms with Gasteiger partial charge >= 0.3 is 5.97 Å². The highest BCUT2D eigenvalue weighted by molar-refractivity contribution is 7.89. The second-order valence-corrected chi connectivity index (χ2v) is 5.89. The first-order valence-corrected chi connectivity index (χ1v) is 6.94. The molecule has 0 aliphatic carbocycles. The first-order valence-electron chi connectivity index (χ1n) is 5.33. The zero-order valence-electron chi connectivity index (χ0n) is 9.35. The van der Waals surface area contributed by atoms with E-state index >= 15 is 0 Å². The van der Waals surface area contributed by atoms with Crippen LogP contribution in [-0.4, -0.2) is 55.7 Å². The van der Waals surface area contributed by atoms with Crippen LogP contribution >= 0.6 is 0 Å². The van der Waals surface area contributed by atoms with E-state index in [9.17, 15) is 13.2 Å². The predicted molar refractivity (Wildman–Crippen MR) is 59.7 cm³/mol. The van der Waals surface area contributed by atoms with Crippen LogP contribution in [0.2, 0.25) is 0 Å². The molecule has 6 nitrogen and oxygen atoms in total. The van der Waals surface area contributed by atoms with Crippen LogP contribution in [0, 0.1) is 0 Å². The fourth-order valence-electron chi connectivity index (χ4n) is 2.02. The molecule has 0 saturated carbocycles. The van der Waals surface area contributed by atoms with Gasteiger partial charge in [-0.3, -0.25) is 4.79 Å². The number of carboxylic acids is 1. The van der Waals surface area contributed by atoms with Crippen LogP contribution < -0.4 is 5.32 Å². The Hall–Kier alpha value is -0.660. The lowest BCUT2D eigenvalue weighted by molar-refractivity contribution is -0.134. The minimum absolute atomic E-state index is 0.108. The summed E-state index contributed by atoms with van der Waals surface area (Å²) in [5.41, 5.74) is 0. The van der Waals surface area contributed by atoms with E-state index in [4.69, 9.17) is 5.11 Å². The highest BCUT2D eigenvalue weighted by atomic mass is 32.2. The molecule has 0 amide bonds. The van der Waals surface area contributed by atoms with Crippen molar-refractivity contribution in [3.05, 3.63) is 0 Å². The van der Waals surface area contributed by atoms with E-state index in [1.54, 1.807) is 7.05 Å². The maximum Gasteiger partial charge on any atom is 0.320 e. The molecular formula is C9H18N2O4S. The Kier molecular flexibility index (Phi) is 4.69. The Morgan fingerprint density at radius 2 is 2.19 bits per heavy atom. The lowest BCUT2D eigenvalue weighted by Crippen LogP contribution is -2.49. The Balaban J connectivity index is 2.77. The van der Waals surface area contributed by atoms with Crippen LogP contribution in [-0.2, 0) is 14.8 Å². The summed E-state index contributed by atoms with van der Waals surface area (Å²) in [5, 5.41) is 11.5. The van der Waals surface area contributed by atoms with Crippen LogP contribution in [0.3, 0.4) is 0 Å². The first kappa shape index (κ1) is 13.4. The van der Waals surface area contributed by atoms with Gasteiger partial charge in [0.05, 0.1) is 0 Å². The number of nitrogens with zero attached hydrogens (tertiary/aromatic N) is 1. The number of carboxylic acid groups (broad SMARTS) is 1. The van der Waals surface area contributed by atoms with Gasteiger partial charge in [0.1, 0.15) is 0 Å². The average molecular weight is 250 g/mol. The predicted octanol–water partition coefficient (Wildman–Crippen LogP) is -0.525. The summed E-state index contributed by atoms with van der Waals surface area (Å²) in [5.74, 6) is -2.11. The van der Waals surface area contributed by atoms with Gasteiger partial charge < -0.3 is 10.4 Å². The molecule has 2 N–H and O–H groups in total. The smallest absolute Gasteiger partial charge is 0.320 e.